The predicted molar refractivity (Wildman–Crippen MR) is 64.6 cm³/mol. The highest BCUT2D eigenvalue weighted by molar-refractivity contribution is 5.77. The zero-order valence-corrected chi connectivity index (χ0v) is 9.65. The molecule has 4 heteroatoms. The molecule has 1 aromatic heterocycles. The largest absolute Gasteiger partial charge is 0.497 e. The first-order chi connectivity index (χ1) is 8.17. The van der Waals surface area contributed by atoms with E-state index in [0.717, 1.165) is 16.9 Å². The fourth-order valence-electron chi connectivity index (χ4n) is 1.80. The van der Waals surface area contributed by atoms with E-state index in [-0.39, 0.29) is 5.88 Å². The molecule has 0 saturated heterocycles. The molecule has 4 nitrogen and oxygen atoms in total. The number of anilines is 1. The molecule has 2 rings (SSSR count). The summed E-state index contributed by atoms with van der Waals surface area (Å²) in [4.78, 5) is 0. The second-order valence-electron chi connectivity index (χ2n) is 3.62. The van der Waals surface area contributed by atoms with Gasteiger partial charge in [0.25, 0.3) is 0 Å². The van der Waals surface area contributed by atoms with Crippen molar-refractivity contribution in [3.05, 3.63) is 35.6 Å². The number of ether oxygens (including phenoxy) is 1. The lowest BCUT2D eigenvalue weighted by Crippen LogP contribution is -1.88. The van der Waals surface area contributed by atoms with Gasteiger partial charge in [0.1, 0.15) is 23.1 Å². The first-order valence-corrected chi connectivity index (χ1v) is 5.10. The van der Waals surface area contributed by atoms with Gasteiger partial charge in [0.2, 0.25) is 5.88 Å². The number of nitrogens with two attached hydrogens (primary N) is 1. The molecule has 0 atom stereocenters. The number of methoxy groups -OCH3 is 1. The van der Waals surface area contributed by atoms with Crippen LogP contribution in [-0.4, -0.2) is 7.11 Å². The molecule has 0 spiro atoms. The maximum absolute atomic E-state index is 9.08. The summed E-state index contributed by atoms with van der Waals surface area (Å²) in [5.74, 6) is 1.51. The van der Waals surface area contributed by atoms with Gasteiger partial charge in [0.05, 0.1) is 7.11 Å². The fourth-order valence-corrected chi connectivity index (χ4v) is 1.80. The van der Waals surface area contributed by atoms with Gasteiger partial charge in [-0.3, -0.25) is 0 Å². The van der Waals surface area contributed by atoms with E-state index < -0.39 is 0 Å². The zero-order valence-electron chi connectivity index (χ0n) is 9.65. The molecule has 86 valence electrons. The van der Waals surface area contributed by atoms with Crippen molar-refractivity contribution in [2.75, 3.05) is 12.8 Å². The quantitative estimate of drug-likeness (QED) is 0.857. The highest BCUT2D eigenvalue weighted by Crippen LogP contribution is 2.34. The molecule has 0 aliphatic heterocycles. The normalized spacial score (nSPS) is 9.94. The topological polar surface area (TPSA) is 72.2 Å². The standard InChI is InChI=1S/C13H12N2O2/c1-8-12(11(7-14)13(15)17-8)9-4-3-5-10(6-9)16-2/h3-6H,15H2,1-2H3. The Kier molecular flexibility index (Phi) is 2.75. The molecule has 1 heterocycles. The molecule has 0 amide bonds. The Balaban J connectivity index is 2.64. The van der Waals surface area contributed by atoms with Crippen molar-refractivity contribution < 1.29 is 9.15 Å². The van der Waals surface area contributed by atoms with Crippen LogP contribution >= 0.6 is 0 Å². The first-order valence-electron chi connectivity index (χ1n) is 5.10. The Morgan fingerprint density at radius 2 is 2.18 bits per heavy atom. The number of nitriles is 1. The molecule has 0 radical (unpaired) electrons. The van der Waals surface area contributed by atoms with E-state index in [2.05, 4.69) is 6.07 Å². The Labute approximate surface area is 99.2 Å². The lowest BCUT2D eigenvalue weighted by molar-refractivity contribution is 0.415. The highest BCUT2D eigenvalue weighted by atomic mass is 16.5. The number of benzene rings is 1. The summed E-state index contributed by atoms with van der Waals surface area (Å²) in [5.41, 5.74) is 7.60. The molecule has 0 bridgehead atoms. The highest BCUT2D eigenvalue weighted by Gasteiger charge is 2.17. The Hall–Kier alpha value is -2.41. The molecule has 2 N–H and O–H groups in total. The van der Waals surface area contributed by atoms with E-state index in [9.17, 15) is 0 Å². The van der Waals surface area contributed by atoms with Crippen molar-refractivity contribution in [2.24, 2.45) is 0 Å². The van der Waals surface area contributed by atoms with Gasteiger partial charge in [-0.15, -0.1) is 0 Å². The number of hydrogen-bond acceptors (Lipinski definition) is 4. The lowest BCUT2D eigenvalue weighted by atomic mass is 10.0. The van der Waals surface area contributed by atoms with E-state index in [1.807, 2.05) is 24.3 Å². The summed E-state index contributed by atoms with van der Waals surface area (Å²) in [7, 11) is 1.60. The van der Waals surface area contributed by atoms with Crippen molar-refractivity contribution in [1.29, 1.82) is 5.26 Å². The minimum Gasteiger partial charge on any atom is -0.497 e. The van der Waals surface area contributed by atoms with Crippen molar-refractivity contribution in [2.45, 2.75) is 6.92 Å². The third kappa shape index (κ3) is 1.83. The lowest BCUT2D eigenvalue weighted by Gasteiger charge is -2.03. The minimum absolute atomic E-state index is 0.155. The number of furan rings is 1. The van der Waals surface area contributed by atoms with Gasteiger partial charge in [-0.05, 0) is 24.6 Å². The number of rotatable bonds is 2. The summed E-state index contributed by atoms with van der Waals surface area (Å²) in [6, 6.07) is 9.50. The molecule has 2 aromatic rings. The molecular formula is C13H12N2O2. The van der Waals surface area contributed by atoms with Crippen LogP contribution in [0.15, 0.2) is 28.7 Å². The average Bonchev–Trinajstić information content (AvgIpc) is 2.63. The molecule has 17 heavy (non-hydrogen) atoms. The maximum Gasteiger partial charge on any atom is 0.209 e. The Bertz CT molecular complexity index is 594. The second kappa shape index (κ2) is 4.22. The summed E-state index contributed by atoms with van der Waals surface area (Å²) in [5, 5.41) is 9.08. The minimum atomic E-state index is 0.155. The van der Waals surface area contributed by atoms with E-state index in [1.54, 1.807) is 14.0 Å². The number of nitrogen functional groups attached to an aromatic ring is 1. The summed E-state index contributed by atoms with van der Waals surface area (Å²) >= 11 is 0. The van der Waals surface area contributed by atoms with Gasteiger partial charge in [0, 0.05) is 5.56 Å². The summed E-state index contributed by atoms with van der Waals surface area (Å²) in [6.07, 6.45) is 0. The molecule has 0 aliphatic carbocycles. The maximum atomic E-state index is 9.08. The number of hydrogen-bond donors (Lipinski definition) is 1. The van der Waals surface area contributed by atoms with Crippen LogP contribution in [0.5, 0.6) is 5.75 Å². The van der Waals surface area contributed by atoms with Gasteiger partial charge in [-0.1, -0.05) is 12.1 Å². The molecule has 0 fully saturated rings. The van der Waals surface area contributed by atoms with Crippen molar-refractivity contribution in [3.8, 4) is 22.9 Å². The summed E-state index contributed by atoms with van der Waals surface area (Å²) in [6.45, 7) is 1.78. The second-order valence-corrected chi connectivity index (χ2v) is 3.62. The van der Waals surface area contributed by atoms with Crippen molar-refractivity contribution in [3.63, 3.8) is 0 Å². The molecule has 0 unspecified atom stereocenters. The summed E-state index contributed by atoms with van der Waals surface area (Å²) < 4.78 is 10.4. The van der Waals surface area contributed by atoms with Crippen LogP contribution in [0.4, 0.5) is 5.88 Å². The van der Waals surface area contributed by atoms with Crippen molar-refractivity contribution in [1.82, 2.24) is 0 Å². The third-order valence-corrected chi connectivity index (χ3v) is 2.58. The van der Waals surface area contributed by atoms with Crippen LogP contribution < -0.4 is 10.5 Å². The average molecular weight is 228 g/mol. The third-order valence-electron chi connectivity index (χ3n) is 2.58. The number of aryl methyl sites for hydroxylation is 1. The predicted octanol–water partition coefficient (Wildman–Crippen LogP) is 2.72. The molecule has 0 saturated carbocycles. The van der Waals surface area contributed by atoms with Gasteiger partial charge in [-0.2, -0.15) is 5.26 Å². The van der Waals surface area contributed by atoms with E-state index >= 15 is 0 Å². The van der Waals surface area contributed by atoms with Crippen LogP contribution in [0.3, 0.4) is 0 Å². The van der Waals surface area contributed by atoms with Crippen LogP contribution in [0, 0.1) is 18.3 Å². The SMILES string of the molecule is COc1cccc(-c2c(C)oc(N)c2C#N)c1. The molecular weight excluding hydrogens is 216 g/mol. The van der Waals surface area contributed by atoms with Crippen LogP contribution in [0.2, 0.25) is 0 Å². The Morgan fingerprint density at radius 3 is 2.82 bits per heavy atom. The van der Waals surface area contributed by atoms with Crippen LogP contribution in [0.1, 0.15) is 11.3 Å². The molecule has 0 aliphatic rings. The van der Waals surface area contributed by atoms with Crippen molar-refractivity contribution >= 4 is 5.88 Å². The van der Waals surface area contributed by atoms with Gasteiger partial charge in [-0.25, -0.2) is 0 Å². The van der Waals surface area contributed by atoms with Crippen LogP contribution in [0.25, 0.3) is 11.1 Å². The van der Waals surface area contributed by atoms with Crippen LogP contribution in [-0.2, 0) is 0 Å². The molecule has 1 aromatic carbocycles. The van der Waals surface area contributed by atoms with Gasteiger partial charge < -0.3 is 14.9 Å². The monoisotopic (exact) mass is 228 g/mol. The smallest absolute Gasteiger partial charge is 0.209 e. The Morgan fingerprint density at radius 1 is 1.41 bits per heavy atom. The van der Waals surface area contributed by atoms with Gasteiger partial charge in [0.15, 0.2) is 0 Å². The number of nitrogens with zero attached hydrogens (tertiary/aromatic N) is 1. The van der Waals surface area contributed by atoms with E-state index in [4.69, 9.17) is 20.1 Å². The van der Waals surface area contributed by atoms with E-state index in [0.29, 0.717) is 11.3 Å². The zero-order chi connectivity index (χ0) is 12.4. The van der Waals surface area contributed by atoms with E-state index in [1.165, 1.54) is 0 Å². The fraction of sp³-hybridized carbons (Fsp3) is 0.154. The van der Waals surface area contributed by atoms with Gasteiger partial charge >= 0.3 is 0 Å². The first kappa shape index (κ1) is 11.1.